The molecule has 4 nitrogen and oxygen atoms in total. The normalized spacial score (nSPS) is 18.3. The summed E-state index contributed by atoms with van der Waals surface area (Å²) in [5, 5.41) is 5.37. The molecule has 1 aliphatic heterocycles. The van der Waals surface area contributed by atoms with E-state index in [4.69, 9.17) is 0 Å². The van der Waals surface area contributed by atoms with Crippen LogP contribution in [0.15, 0.2) is 66.7 Å². The van der Waals surface area contributed by atoms with E-state index in [-0.39, 0.29) is 17.2 Å². The van der Waals surface area contributed by atoms with Crippen LogP contribution in [-0.4, -0.2) is 28.8 Å². The molecule has 0 saturated carbocycles. The molecule has 4 heteroatoms. The van der Waals surface area contributed by atoms with Crippen LogP contribution in [0.1, 0.15) is 50.8 Å². The number of amides is 2. The fourth-order valence-electron chi connectivity index (χ4n) is 4.40. The lowest BCUT2D eigenvalue weighted by Crippen LogP contribution is -2.67. The molecule has 0 aromatic heterocycles. The first-order chi connectivity index (χ1) is 15.2. The summed E-state index contributed by atoms with van der Waals surface area (Å²) in [6, 6.07) is 22.5. The van der Waals surface area contributed by atoms with Crippen LogP contribution in [0.25, 0.3) is 10.8 Å². The van der Waals surface area contributed by atoms with Crippen LogP contribution >= 0.6 is 0 Å². The van der Waals surface area contributed by atoms with Crippen molar-refractivity contribution >= 4 is 22.6 Å². The van der Waals surface area contributed by atoms with Crippen LogP contribution < -0.4 is 5.32 Å². The van der Waals surface area contributed by atoms with Gasteiger partial charge in [-0.25, -0.2) is 0 Å². The van der Waals surface area contributed by atoms with Crippen molar-refractivity contribution in [2.45, 2.75) is 58.0 Å². The third-order valence-corrected chi connectivity index (χ3v) is 6.70. The molecular weight excluding hydrogens is 396 g/mol. The van der Waals surface area contributed by atoms with E-state index >= 15 is 0 Å². The molecule has 1 fully saturated rings. The Morgan fingerprint density at radius 1 is 0.969 bits per heavy atom. The van der Waals surface area contributed by atoms with Crippen molar-refractivity contribution in [3.63, 3.8) is 0 Å². The molecule has 2 amide bonds. The third-order valence-electron chi connectivity index (χ3n) is 6.70. The van der Waals surface area contributed by atoms with E-state index in [9.17, 15) is 9.59 Å². The van der Waals surface area contributed by atoms with Crippen molar-refractivity contribution < 1.29 is 9.59 Å². The van der Waals surface area contributed by atoms with Crippen LogP contribution in [0, 0.1) is 0 Å². The number of nitrogens with one attached hydrogen (secondary N) is 1. The largest absolute Gasteiger partial charge is 0.350 e. The molecule has 3 aromatic carbocycles. The lowest BCUT2D eigenvalue weighted by Gasteiger charge is -2.49. The molecule has 3 aromatic rings. The summed E-state index contributed by atoms with van der Waals surface area (Å²) >= 11 is 0. The van der Waals surface area contributed by atoms with Crippen LogP contribution in [0.5, 0.6) is 0 Å². The van der Waals surface area contributed by atoms with Crippen molar-refractivity contribution in [2.24, 2.45) is 0 Å². The smallest absolute Gasteiger partial charge is 0.246 e. The van der Waals surface area contributed by atoms with Crippen LogP contribution in [-0.2, 0) is 28.0 Å². The molecule has 32 heavy (non-hydrogen) atoms. The standard InChI is InChI=1S/C28H32N2O2/c1-27(2,3)23-14-12-20(13-15-23)18-25(31)30-17-16-28(30,4)26(32)29-19-22-10-7-9-21-8-5-6-11-24(21)22/h5-15H,16-19H2,1-4H3,(H,29,32). The summed E-state index contributed by atoms with van der Waals surface area (Å²) in [6.45, 7) is 9.47. The van der Waals surface area contributed by atoms with Crippen molar-refractivity contribution in [2.75, 3.05) is 6.54 Å². The summed E-state index contributed by atoms with van der Waals surface area (Å²) in [5.74, 6) is -0.0873. The average Bonchev–Trinajstić information content (AvgIpc) is 2.75. The van der Waals surface area contributed by atoms with Gasteiger partial charge < -0.3 is 10.2 Å². The molecule has 0 aliphatic carbocycles. The summed E-state index contributed by atoms with van der Waals surface area (Å²) < 4.78 is 0. The zero-order valence-electron chi connectivity index (χ0n) is 19.4. The zero-order chi connectivity index (χ0) is 22.9. The van der Waals surface area contributed by atoms with Gasteiger partial charge >= 0.3 is 0 Å². The van der Waals surface area contributed by atoms with Gasteiger partial charge in [0, 0.05) is 13.1 Å². The monoisotopic (exact) mass is 428 g/mol. The molecule has 1 atom stereocenters. The summed E-state index contributed by atoms with van der Waals surface area (Å²) in [5.41, 5.74) is 2.60. The van der Waals surface area contributed by atoms with Crippen LogP contribution in [0.2, 0.25) is 0 Å². The maximum Gasteiger partial charge on any atom is 0.246 e. The number of carbonyl (C=O) groups is 2. The highest BCUT2D eigenvalue weighted by molar-refractivity contribution is 5.94. The first-order valence-corrected chi connectivity index (χ1v) is 11.3. The second kappa shape index (κ2) is 8.42. The Morgan fingerprint density at radius 2 is 1.66 bits per heavy atom. The molecule has 1 unspecified atom stereocenters. The van der Waals surface area contributed by atoms with Crippen LogP contribution in [0.4, 0.5) is 0 Å². The Hall–Kier alpha value is -3.14. The number of carbonyl (C=O) groups excluding carboxylic acids is 2. The first-order valence-electron chi connectivity index (χ1n) is 11.3. The van der Waals surface area contributed by atoms with Gasteiger partial charge in [0.15, 0.2) is 0 Å². The minimum Gasteiger partial charge on any atom is -0.350 e. The Morgan fingerprint density at radius 3 is 2.31 bits per heavy atom. The quantitative estimate of drug-likeness (QED) is 0.623. The van der Waals surface area contributed by atoms with E-state index in [1.54, 1.807) is 4.90 Å². The maximum atomic E-state index is 13.1. The number of nitrogens with zero attached hydrogens (tertiary/aromatic N) is 1. The zero-order valence-corrected chi connectivity index (χ0v) is 19.4. The second-order valence-corrected chi connectivity index (χ2v) is 10.0. The average molecular weight is 429 g/mol. The van der Waals surface area contributed by atoms with Gasteiger partial charge in [-0.15, -0.1) is 0 Å². The number of benzene rings is 3. The van der Waals surface area contributed by atoms with E-state index < -0.39 is 5.54 Å². The van der Waals surface area contributed by atoms with Crippen molar-refractivity contribution in [3.05, 3.63) is 83.4 Å². The Bertz CT molecular complexity index is 1140. The highest BCUT2D eigenvalue weighted by Gasteiger charge is 2.49. The van der Waals surface area contributed by atoms with Crippen molar-refractivity contribution in [3.8, 4) is 0 Å². The molecule has 0 spiro atoms. The number of rotatable bonds is 5. The Kier molecular flexibility index (Phi) is 5.81. The highest BCUT2D eigenvalue weighted by Crippen LogP contribution is 2.32. The Labute approximate surface area is 190 Å². The van der Waals surface area contributed by atoms with Gasteiger partial charge in [0.1, 0.15) is 5.54 Å². The maximum absolute atomic E-state index is 13.1. The highest BCUT2D eigenvalue weighted by atomic mass is 16.2. The fraction of sp³-hybridized carbons (Fsp3) is 0.357. The fourth-order valence-corrected chi connectivity index (χ4v) is 4.40. The molecule has 0 radical (unpaired) electrons. The molecule has 1 heterocycles. The lowest BCUT2D eigenvalue weighted by molar-refractivity contribution is -0.157. The molecule has 1 aliphatic rings. The van der Waals surface area contributed by atoms with E-state index in [0.29, 0.717) is 25.9 Å². The Balaban J connectivity index is 1.40. The predicted octanol–water partition coefficient (Wildman–Crippen LogP) is 4.99. The van der Waals surface area contributed by atoms with Gasteiger partial charge in [0.2, 0.25) is 11.8 Å². The molecule has 166 valence electrons. The van der Waals surface area contributed by atoms with E-state index in [2.05, 4.69) is 56.4 Å². The van der Waals surface area contributed by atoms with Gasteiger partial charge in [-0.1, -0.05) is 87.5 Å². The predicted molar refractivity (Wildman–Crippen MR) is 129 cm³/mol. The third kappa shape index (κ3) is 4.27. The van der Waals surface area contributed by atoms with Crippen molar-refractivity contribution in [1.82, 2.24) is 10.2 Å². The van der Waals surface area contributed by atoms with Gasteiger partial charge in [0.05, 0.1) is 6.42 Å². The molecule has 1 saturated heterocycles. The van der Waals surface area contributed by atoms with Gasteiger partial charge in [-0.3, -0.25) is 9.59 Å². The second-order valence-electron chi connectivity index (χ2n) is 10.0. The number of hydrogen-bond donors (Lipinski definition) is 1. The van der Waals surface area contributed by atoms with Gasteiger partial charge in [0.25, 0.3) is 0 Å². The topological polar surface area (TPSA) is 49.4 Å². The molecule has 1 N–H and O–H groups in total. The van der Waals surface area contributed by atoms with Crippen LogP contribution in [0.3, 0.4) is 0 Å². The summed E-state index contributed by atoms with van der Waals surface area (Å²) in [4.78, 5) is 27.8. The minimum atomic E-state index is -0.785. The van der Waals surface area contributed by atoms with Gasteiger partial charge in [-0.2, -0.15) is 0 Å². The molecular formula is C28H32N2O2. The van der Waals surface area contributed by atoms with Gasteiger partial charge in [-0.05, 0) is 46.2 Å². The lowest BCUT2D eigenvalue weighted by atomic mass is 9.84. The van der Waals surface area contributed by atoms with E-state index in [1.807, 2.05) is 43.3 Å². The minimum absolute atomic E-state index is 0.00238. The first kappa shape index (κ1) is 22.1. The summed E-state index contributed by atoms with van der Waals surface area (Å²) in [6.07, 6.45) is 1.000. The van der Waals surface area contributed by atoms with E-state index in [1.165, 1.54) is 5.56 Å². The van der Waals surface area contributed by atoms with E-state index in [0.717, 1.165) is 21.9 Å². The molecule has 0 bridgehead atoms. The SMILES string of the molecule is CC(C)(C)c1ccc(CC(=O)N2CCC2(C)C(=O)NCc2cccc3ccccc23)cc1. The number of hydrogen-bond acceptors (Lipinski definition) is 2. The summed E-state index contributed by atoms with van der Waals surface area (Å²) in [7, 11) is 0. The number of likely N-dealkylation sites (tertiary alicyclic amines) is 1. The van der Waals surface area contributed by atoms with Crippen molar-refractivity contribution in [1.29, 1.82) is 0 Å². The number of fused-ring (bicyclic) bond motifs is 1. The molecule has 4 rings (SSSR count).